The van der Waals surface area contributed by atoms with E-state index in [4.69, 9.17) is 0 Å². The Kier molecular flexibility index (Phi) is 3.74. The third kappa shape index (κ3) is 2.96. The standard InChI is InChI=1S/C11H24N2/c1-9(2)13-6-10(3)11(8-13)7-12(4)5/h9-11H,6-8H2,1-5H3. The minimum atomic E-state index is 0.717. The van der Waals surface area contributed by atoms with Crippen molar-refractivity contribution in [3.8, 4) is 0 Å². The van der Waals surface area contributed by atoms with E-state index in [1.165, 1.54) is 19.6 Å². The second-order valence-electron chi connectivity index (χ2n) is 5.05. The molecule has 0 radical (unpaired) electrons. The van der Waals surface area contributed by atoms with E-state index in [0.29, 0.717) is 0 Å². The zero-order chi connectivity index (χ0) is 10.0. The van der Waals surface area contributed by atoms with Crippen LogP contribution in [0.4, 0.5) is 0 Å². The van der Waals surface area contributed by atoms with E-state index in [-0.39, 0.29) is 0 Å². The predicted molar refractivity (Wildman–Crippen MR) is 57.9 cm³/mol. The number of hydrogen-bond donors (Lipinski definition) is 0. The summed E-state index contributed by atoms with van der Waals surface area (Å²) in [6.07, 6.45) is 0. The Morgan fingerprint density at radius 2 is 1.92 bits per heavy atom. The van der Waals surface area contributed by atoms with Crippen LogP contribution in [-0.2, 0) is 0 Å². The van der Waals surface area contributed by atoms with Crippen molar-refractivity contribution in [3.63, 3.8) is 0 Å². The van der Waals surface area contributed by atoms with Crippen molar-refractivity contribution in [2.45, 2.75) is 26.8 Å². The molecule has 2 nitrogen and oxygen atoms in total. The van der Waals surface area contributed by atoms with Crippen LogP contribution in [0.25, 0.3) is 0 Å². The summed E-state index contributed by atoms with van der Waals surface area (Å²) in [6, 6.07) is 0.717. The van der Waals surface area contributed by atoms with Crippen LogP contribution in [0.3, 0.4) is 0 Å². The smallest absolute Gasteiger partial charge is 0.00388 e. The van der Waals surface area contributed by atoms with Crippen LogP contribution >= 0.6 is 0 Å². The quantitative estimate of drug-likeness (QED) is 0.656. The van der Waals surface area contributed by atoms with Crippen molar-refractivity contribution in [1.29, 1.82) is 0 Å². The summed E-state index contributed by atoms with van der Waals surface area (Å²) in [5.41, 5.74) is 0. The summed E-state index contributed by atoms with van der Waals surface area (Å²) in [6.45, 7) is 10.8. The van der Waals surface area contributed by atoms with Gasteiger partial charge in [-0.25, -0.2) is 0 Å². The molecule has 2 atom stereocenters. The molecule has 0 aromatic heterocycles. The molecule has 1 aliphatic rings. The molecule has 0 aromatic rings. The van der Waals surface area contributed by atoms with E-state index in [2.05, 4.69) is 44.7 Å². The lowest BCUT2D eigenvalue weighted by atomic mass is 9.98. The molecule has 0 bridgehead atoms. The van der Waals surface area contributed by atoms with Crippen molar-refractivity contribution in [2.24, 2.45) is 11.8 Å². The van der Waals surface area contributed by atoms with Gasteiger partial charge in [0.2, 0.25) is 0 Å². The number of rotatable bonds is 3. The van der Waals surface area contributed by atoms with Crippen LogP contribution in [0.5, 0.6) is 0 Å². The van der Waals surface area contributed by atoms with Gasteiger partial charge in [0.15, 0.2) is 0 Å². The minimum absolute atomic E-state index is 0.717. The van der Waals surface area contributed by atoms with Crippen molar-refractivity contribution in [1.82, 2.24) is 9.80 Å². The second-order valence-corrected chi connectivity index (χ2v) is 5.05. The van der Waals surface area contributed by atoms with E-state index in [9.17, 15) is 0 Å². The Labute approximate surface area is 82.9 Å². The minimum Gasteiger partial charge on any atom is -0.309 e. The Balaban J connectivity index is 2.42. The van der Waals surface area contributed by atoms with Gasteiger partial charge in [0.05, 0.1) is 0 Å². The van der Waals surface area contributed by atoms with Crippen molar-refractivity contribution >= 4 is 0 Å². The predicted octanol–water partition coefficient (Wildman–Crippen LogP) is 1.52. The molecule has 1 aliphatic heterocycles. The first-order valence-electron chi connectivity index (χ1n) is 5.39. The van der Waals surface area contributed by atoms with Crippen LogP contribution in [0, 0.1) is 11.8 Å². The van der Waals surface area contributed by atoms with Gasteiger partial charge in [0, 0.05) is 25.7 Å². The fourth-order valence-electron chi connectivity index (χ4n) is 2.20. The highest BCUT2D eigenvalue weighted by atomic mass is 15.2. The molecule has 0 saturated carbocycles. The molecule has 1 rings (SSSR count). The van der Waals surface area contributed by atoms with Gasteiger partial charge in [0.1, 0.15) is 0 Å². The molecule has 78 valence electrons. The first kappa shape index (κ1) is 11.0. The van der Waals surface area contributed by atoms with E-state index >= 15 is 0 Å². The van der Waals surface area contributed by atoms with E-state index < -0.39 is 0 Å². The van der Waals surface area contributed by atoms with Crippen LogP contribution in [0.1, 0.15) is 20.8 Å². The van der Waals surface area contributed by atoms with Gasteiger partial charge in [0.25, 0.3) is 0 Å². The molecule has 0 spiro atoms. The highest BCUT2D eigenvalue weighted by Crippen LogP contribution is 2.24. The molecule has 0 amide bonds. The lowest BCUT2D eigenvalue weighted by Crippen LogP contribution is -2.30. The molecule has 1 fully saturated rings. The SMILES string of the molecule is CC1CN(C(C)C)CC1CN(C)C. The zero-order valence-corrected chi connectivity index (χ0v) is 9.75. The van der Waals surface area contributed by atoms with Gasteiger partial charge in [-0.15, -0.1) is 0 Å². The Hall–Kier alpha value is -0.0800. The summed E-state index contributed by atoms with van der Waals surface area (Å²) < 4.78 is 0. The maximum atomic E-state index is 2.60. The molecule has 2 heteroatoms. The van der Waals surface area contributed by atoms with Gasteiger partial charge >= 0.3 is 0 Å². The topological polar surface area (TPSA) is 6.48 Å². The molecule has 0 N–H and O–H groups in total. The monoisotopic (exact) mass is 184 g/mol. The number of hydrogen-bond acceptors (Lipinski definition) is 2. The second kappa shape index (κ2) is 4.43. The van der Waals surface area contributed by atoms with Crippen LogP contribution in [-0.4, -0.2) is 49.6 Å². The molecule has 1 saturated heterocycles. The summed E-state index contributed by atoms with van der Waals surface area (Å²) in [5.74, 6) is 1.74. The summed E-state index contributed by atoms with van der Waals surface area (Å²) in [5, 5.41) is 0. The normalized spacial score (nSPS) is 30.7. The van der Waals surface area contributed by atoms with Gasteiger partial charge in [-0.2, -0.15) is 0 Å². The van der Waals surface area contributed by atoms with Crippen LogP contribution < -0.4 is 0 Å². The number of likely N-dealkylation sites (tertiary alicyclic amines) is 1. The first-order valence-corrected chi connectivity index (χ1v) is 5.39. The summed E-state index contributed by atoms with van der Waals surface area (Å²) in [7, 11) is 4.34. The third-order valence-corrected chi connectivity index (χ3v) is 3.13. The van der Waals surface area contributed by atoms with Crippen molar-refractivity contribution in [3.05, 3.63) is 0 Å². The first-order chi connectivity index (χ1) is 6.00. The van der Waals surface area contributed by atoms with E-state index in [1.54, 1.807) is 0 Å². The fourth-order valence-corrected chi connectivity index (χ4v) is 2.20. The Morgan fingerprint density at radius 3 is 2.31 bits per heavy atom. The fraction of sp³-hybridized carbons (Fsp3) is 1.00. The van der Waals surface area contributed by atoms with Gasteiger partial charge in [-0.1, -0.05) is 6.92 Å². The van der Waals surface area contributed by atoms with Gasteiger partial charge in [-0.05, 0) is 39.8 Å². The maximum Gasteiger partial charge on any atom is 0.00388 e. The van der Waals surface area contributed by atoms with E-state index in [0.717, 1.165) is 17.9 Å². The average molecular weight is 184 g/mol. The van der Waals surface area contributed by atoms with Gasteiger partial charge in [-0.3, -0.25) is 0 Å². The highest BCUT2D eigenvalue weighted by Gasteiger charge is 2.30. The number of nitrogens with zero attached hydrogens (tertiary/aromatic N) is 2. The molecule has 2 unspecified atom stereocenters. The van der Waals surface area contributed by atoms with Crippen LogP contribution in [0.2, 0.25) is 0 Å². The largest absolute Gasteiger partial charge is 0.309 e. The summed E-state index contributed by atoms with van der Waals surface area (Å²) in [4.78, 5) is 4.91. The highest BCUT2D eigenvalue weighted by molar-refractivity contribution is 4.84. The molecule has 1 heterocycles. The molecular formula is C11H24N2. The molecule has 0 aromatic carbocycles. The lowest BCUT2D eigenvalue weighted by Gasteiger charge is -2.21. The average Bonchev–Trinajstić information content (AvgIpc) is 2.31. The Bertz CT molecular complexity index is 154. The molecule has 0 aliphatic carbocycles. The molecular weight excluding hydrogens is 160 g/mol. The van der Waals surface area contributed by atoms with Gasteiger partial charge < -0.3 is 9.80 Å². The lowest BCUT2D eigenvalue weighted by molar-refractivity contribution is 0.250. The zero-order valence-electron chi connectivity index (χ0n) is 9.75. The maximum absolute atomic E-state index is 2.60. The third-order valence-electron chi connectivity index (χ3n) is 3.13. The Morgan fingerprint density at radius 1 is 1.31 bits per heavy atom. The van der Waals surface area contributed by atoms with Crippen molar-refractivity contribution < 1.29 is 0 Å². The van der Waals surface area contributed by atoms with Crippen molar-refractivity contribution in [2.75, 3.05) is 33.7 Å². The molecule has 13 heavy (non-hydrogen) atoms. The summed E-state index contributed by atoms with van der Waals surface area (Å²) >= 11 is 0. The van der Waals surface area contributed by atoms with Crippen LogP contribution in [0.15, 0.2) is 0 Å². The van der Waals surface area contributed by atoms with E-state index in [1.807, 2.05) is 0 Å².